The topological polar surface area (TPSA) is 38.3 Å². The van der Waals surface area contributed by atoms with Gasteiger partial charge in [0, 0.05) is 5.25 Å². The van der Waals surface area contributed by atoms with Crippen LogP contribution >= 0.6 is 11.8 Å². The van der Waals surface area contributed by atoms with E-state index >= 15 is 0 Å². The van der Waals surface area contributed by atoms with Gasteiger partial charge < -0.3 is 10.1 Å². The van der Waals surface area contributed by atoms with Crippen molar-refractivity contribution >= 4 is 17.9 Å². The quantitative estimate of drug-likeness (QED) is 0.594. The molecule has 1 N–H and O–H groups in total. The largest absolute Gasteiger partial charge is 0.444 e. The van der Waals surface area contributed by atoms with Crippen LogP contribution < -0.4 is 5.32 Å². The summed E-state index contributed by atoms with van der Waals surface area (Å²) in [7, 11) is 0. The van der Waals surface area contributed by atoms with Crippen molar-refractivity contribution in [3.63, 3.8) is 0 Å². The standard InChI is InChI=1S/C12H23NO2S/c1-7-8-10(16-9(2)3)13-11(14)15-12(4,5)6/h7,9-10H,1,8H2,2-6H3,(H,13,14)/t10-/m1/s1. The average molecular weight is 245 g/mol. The molecule has 3 nitrogen and oxygen atoms in total. The van der Waals surface area contributed by atoms with E-state index in [1.807, 2.05) is 20.8 Å². The molecule has 0 spiro atoms. The molecule has 0 aromatic rings. The molecule has 0 rings (SSSR count). The zero-order valence-electron chi connectivity index (χ0n) is 10.9. The van der Waals surface area contributed by atoms with Crippen molar-refractivity contribution in [3.8, 4) is 0 Å². The lowest BCUT2D eigenvalue weighted by Crippen LogP contribution is -2.37. The Morgan fingerprint density at radius 1 is 1.50 bits per heavy atom. The Labute approximate surface area is 103 Å². The lowest BCUT2D eigenvalue weighted by Gasteiger charge is -2.23. The van der Waals surface area contributed by atoms with E-state index in [-0.39, 0.29) is 11.5 Å². The van der Waals surface area contributed by atoms with Crippen LogP contribution in [0, 0.1) is 0 Å². The molecule has 0 unspecified atom stereocenters. The van der Waals surface area contributed by atoms with Crippen molar-refractivity contribution in [2.24, 2.45) is 0 Å². The minimum atomic E-state index is -0.453. The first-order valence-electron chi connectivity index (χ1n) is 5.50. The lowest BCUT2D eigenvalue weighted by atomic mass is 10.2. The van der Waals surface area contributed by atoms with Crippen molar-refractivity contribution in [1.29, 1.82) is 0 Å². The molecule has 0 saturated carbocycles. The van der Waals surface area contributed by atoms with Crippen molar-refractivity contribution in [1.82, 2.24) is 5.32 Å². The van der Waals surface area contributed by atoms with Gasteiger partial charge in [-0.15, -0.1) is 18.3 Å². The number of ether oxygens (including phenoxy) is 1. The maximum atomic E-state index is 11.5. The van der Waals surface area contributed by atoms with Crippen LogP contribution in [0.4, 0.5) is 4.79 Å². The number of alkyl carbamates (subject to hydrolysis) is 1. The van der Waals surface area contributed by atoms with Gasteiger partial charge in [-0.05, 0) is 27.2 Å². The van der Waals surface area contributed by atoms with Crippen molar-refractivity contribution in [2.45, 2.75) is 57.3 Å². The van der Waals surface area contributed by atoms with E-state index in [1.54, 1.807) is 17.8 Å². The normalized spacial score (nSPS) is 13.4. The predicted octanol–water partition coefficient (Wildman–Crippen LogP) is 3.55. The molecule has 0 aromatic heterocycles. The molecule has 94 valence electrons. The smallest absolute Gasteiger partial charge is 0.408 e. The molecular weight excluding hydrogens is 222 g/mol. The summed E-state index contributed by atoms with van der Waals surface area (Å²) in [6.07, 6.45) is 2.17. The minimum Gasteiger partial charge on any atom is -0.444 e. The molecule has 0 heterocycles. The second-order valence-electron chi connectivity index (χ2n) is 4.84. The lowest BCUT2D eigenvalue weighted by molar-refractivity contribution is 0.0522. The Morgan fingerprint density at radius 2 is 2.06 bits per heavy atom. The summed E-state index contributed by atoms with van der Waals surface area (Å²) in [4.78, 5) is 11.5. The molecule has 0 aliphatic carbocycles. The molecule has 0 fully saturated rings. The highest BCUT2D eigenvalue weighted by atomic mass is 32.2. The Hall–Kier alpha value is -0.640. The van der Waals surface area contributed by atoms with Gasteiger partial charge >= 0.3 is 6.09 Å². The maximum Gasteiger partial charge on any atom is 0.408 e. The number of rotatable bonds is 5. The Morgan fingerprint density at radius 3 is 2.44 bits per heavy atom. The van der Waals surface area contributed by atoms with Gasteiger partial charge in [0.2, 0.25) is 0 Å². The second-order valence-corrected chi connectivity index (χ2v) is 6.63. The highest BCUT2D eigenvalue weighted by Crippen LogP contribution is 2.19. The number of hydrogen-bond acceptors (Lipinski definition) is 3. The molecule has 0 radical (unpaired) electrons. The van der Waals surface area contributed by atoms with Crippen molar-refractivity contribution in [3.05, 3.63) is 12.7 Å². The molecule has 0 aliphatic heterocycles. The molecule has 0 aromatic carbocycles. The molecule has 0 saturated heterocycles. The maximum absolute atomic E-state index is 11.5. The average Bonchev–Trinajstić information content (AvgIpc) is 1.98. The summed E-state index contributed by atoms with van der Waals surface area (Å²) < 4.78 is 5.20. The van der Waals surface area contributed by atoms with Gasteiger partial charge in [0.15, 0.2) is 0 Å². The van der Waals surface area contributed by atoms with Gasteiger partial charge in [0.25, 0.3) is 0 Å². The highest BCUT2D eigenvalue weighted by molar-refractivity contribution is 8.00. The number of hydrogen-bond donors (Lipinski definition) is 1. The van der Waals surface area contributed by atoms with Gasteiger partial charge in [-0.25, -0.2) is 4.79 Å². The van der Waals surface area contributed by atoms with Crippen LogP contribution in [0.5, 0.6) is 0 Å². The van der Waals surface area contributed by atoms with E-state index in [0.29, 0.717) is 5.25 Å². The van der Waals surface area contributed by atoms with Crippen molar-refractivity contribution < 1.29 is 9.53 Å². The van der Waals surface area contributed by atoms with Crippen LogP contribution in [-0.4, -0.2) is 22.3 Å². The van der Waals surface area contributed by atoms with Crippen LogP contribution in [-0.2, 0) is 4.74 Å². The summed E-state index contributed by atoms with van der Waals surface area (Å²) in [5, 5.41) is 3.33. The second kappa shape index (κ2) is 6.84. The summed E-state index contributed by atoms with van der Waals surface area (Å²) in [6, 6.07) is 0. The fraction of sp³-hybridized carbons (Fsp3) is 0.750. The third-order valence-electron chi connectivity index (χ3n) is 1.49. The Bertz CT molecular complexity index is 234. The molecule has 1 atom stereocenters. The third kappa shape index (κ3) is 8.65. The number of carbonyl (C=O) groups is 1. The van der Waals surface area contributed by atoms with E-state index in [1.165, 1.54) is 0 Å². The first-order chi connectivity index (χ1) is 7.24. The molecule has 1 amide bonds. The Balaban J connectivity index is 4.17. The van der Waals surface area contributed by atoms with Crippen LogP contribution in [0.25, 0.3) is 0 Å². The predicted molar refractivity (Wildman–Crippen MR) is 70.7 cm³/mol. The number of carbonyl (C=O) groups excluding carboxylic acids is 1. The van der Waals surface area contributed by atoms with E-state index in [0.717, 1.165) is 6.42 Å². The number of amides is 1. The van der Waals surface area contributed by atoms with Crippen molar-refractivity contribution in [2.75, 3.05) is 0 Å². The molecule has 0 aliphatic rings. The SMILES string of the molecule is C=CC[C@H](NC(=O)OC(C)(C)C)SC(C)C. The van der Waals surface area contributed by atoms with E-state index in [2.05, 4.69) is 25.7 Å². The minimum absolute atomic E-state index is 0.0346. The first-order valence-corrected chi connectivity index (χ1v) is 6.44. The van der Waals surface area contributed by atoms with E-state index < -0.39 is 5.60 Å². The van der Waals surface area contributed by atoms with Crippen LogP contribution in [0.1, 0.15) is 41.0 Å². The van der Waals surface area contributed by atoms with E-state index in [4.69, 9.17) is 4.74 Å². The zero-order chi connectivity index (χ0) is 12.8. The summed E-state index contributed by atoms with van der Waals surface area (Å²) >= 11 is 1.70. The highest BCUT2D eigenvalue weighted by Gasteiger charge is 2.19. The van der Waals surface area contributed by atoms with Gasteiger partial charge in [-0.2, -0.15) is 0 Å². The monoisotopic (exact) mass is 245 g/mol. The van der Waals surface area contributed by atoms with Crippen LogP contribution in [0.2, 0.25) is 0 Å². The fourth-order valence-corrected chi connectivity index (χ4v) is 2.14. The molecular formula is C12H23NO2S. The zero-order valence-corrected chi connectivity index (χ0v) is 11.7. The molecule has 0 bridgehead atoms. The Kier molecular flexibility index (Phi) is 6.56. The summed E-state index contributed by atoms with van der Waals surface area (Å²) in [6.45, 7) is 13.4. The summed E-state index contributed by atoms with van der Waals surface area (Å²) in [5.74, 6) is 0. The first kappa shape index (κ1) is 15.4. The summed E-state index contributed by atoms with van der Waals surface area (Å²) in [5.41, 5.74) is -0.453. The van der Waals surface area contributed by atoms with Gasteiger partial charge in [-0.1, -0.05) is 19.9 Å². The van der Waals surface area contributed by atoms with E-state index in [9.17, 15) is 4.79 Å². The van der Waals surface area contributed by atoms with Crippen LogP contribution in [0.15, 0.2) is 12.7 Å². The molecule has 16 heavy (non-hydrogen) atoms. The molecule has 4 heteroatoms. The van der Waals surface area contributed by atoms with Gasteiger partial charge in [-0.3, -0.25) is 0 Å². The third-order valence-corrected chi connectivity index (χ3v) is 2.68. The van der Waals surface area contributed by atoms with Gasteiger partial charge in [0.05, 0.1) is 5.37 Å². The number of thioether (sulfide) groups is 1. The fourth-order valence-electron chi connectivity index (χ4n) is 1.07. The van der Waals surface area contributed by atoms with Crippen LogP contribution in [0.3, 0.4) is 0 Å². The number of nitrogens with one attached hydrogen (secondary N) is 1. The van der Waals surface area contributed by atoms with Gasteiger partial charge in [0.1, 0.15) is 5.60 Å².